The number of rotatable bonds is 4. The van der Waals surface area contributed by atoms with E-state index in [-0.39, 0.29) is 24.2 Å². The Labute approximate surface area is 158 Å². The van der Waals surface area contributed by atoms with Gasteiger partial charge in [0.15, 0.2) is 0 Å². The number of ether oxygens (including phenoxy) is 1. The summed E-state index contributed by atoms with van der Waals surface area (Å²) in [5, 5.41) is 5.93. The molecule has 2 aromatic rings. The molecule has 0 aromatic heterocycles. The molecule has 2 amide bonds. The molecule has 0 aliphatic carbocycles. The summed E-state index contributed by atoms with van der Waals surface area (Å²) in [5.41, 5.74) is 1.89. The van der Waals surface area contributed by atoms with Crippen molar-refractivity contribution >= 4 is 35.6 Å². The summed E-state index contributed by atoms with van der Waals surface area (Å²) in [5.74, 6) is -0.355. The van der Waals surface area contributed by atoms with Crippen molar-refractivity contribution in [1.82, 2.24) is 5.32 Å². The zero-order valence-electron chi connectivity index (χ0n) is 14.5. The molecule has 2 N–H and O–H groups in total. The Morgan fingerprint density at radius 2 is 1.92 bits per heavy atom. The molecule has 0 bridgehead atoms. The normalized spacial score (nSPS) is 16.3. The lowest BCUT2D eigenvalue weighted by Gasteiger charge is -2.23. The van der Waals surface area contributed by atoms with Gasteiger partial charge in [0.1, 0.15) is 6.10 Å². The minimum absolute atomic E-state index is 0. The van der Waals surface area contributed by atoms with Crippen LogP contribution in [0, 0.1) is 0 Å². The van der Waals surface area contributed by atoms with Gasteiger partial charge in [-0.15, -0.1) is 12.4 Å². The van der Waals surface area contributed by atoms with Gasteiger partial charge in [0.05, 0.1) is 6.61 Å². The lowest BCUT2D eigenvalue weighted by Crippen LogP contribution is -2.45. The molecule has 0 radical (unpaired) electrons. The number of anilines is 2. The third kappa shape index (κ3) is 4.82. The van der Waals surface area contributed by atoms with Gasteiger partial charge >= 0.3 is 0 Å². The van der Waals surface area contributed by atoms with Crippen LogP contribution in [0.4, 0.5) is 11.4 Å². The molecule has 2 aromatic carbocycles. The Hall–Kier alpha value is -2.41. The number of morpholine rings is 1. The number of nitrogens with one attached hydrogen (secondary N) is 2. The van der Waals surface area contributed by atoms with Gasteiger partial charge in [-0.05, 0) is 30.3 Å². The molecule has 6 nitrogen and oxygen atoms in total. The minimum atomic E-state index is -0.514. The van der Waals surface area contributed by atoms with E-state index in [0.29, 0.717) is 24.4 Å². The molecule has 1 saturated heterocycles. The van der Waals surface area contributed by atoms with Crippen molar-refractivity contribution in [1.29, 1.82) is 0 Å². The first kappa shape index (κ1) is 19.9. The van der Waals surface area contributed by atoms with E-state index in [9.17, 15) is 9.59 Å². The van der Waals surface area contributed by atoms with Crippen LogP contribution in [0.3, 0.4) is 0 Å². The highest BCUT2D eigenvalue weighted by atomic mass is 35.5. The number of para-hydroxylation sites is 1. The second-order valence-corrected chi connectivity index (χ2v) is 5.83. The number of carbonyl (C=O) groups is 2. The van der Waals surface area contributed by atoms with E-state index in [1.54, 1.807) is 36.2 Å². The number of hydrogen-bond donors (Lipinski definition) is 2. The predicted molar refractivity (Wildman–Crippen MR) is 104 cm³/mol. The highest BCUT2D eigenvalue weighted by Crippen LogP contribution is 2.17. The average Bonchev–Trinajstić information content (AvgIpc) is 2.68. The molecule has 1 unspecified atom stereocenters. The van der Waals surface area contributed by atoms with Crippen LogP contribution in [0.1, 0.15) is 10.4 Å². The quantitative estimate of drug-likeness (QED) is 0.860. The van der Waals surface area contributed by atoms with Gasteiger partial charge < -0.3 is 20.3 Å². The number of carbonyl (C=O) groups excluding carboxylic acids is 2. The second-order valence-electron chi connectivity index (χ2n) is 5.83. The largest absolute Gasteiger partial charge is 0.366 e. The summed E-state index contributed by atoms with van der Waals surface area (Å²) in [7, 11) is 1.73. The standard InChI is InChI=1S/C19H21N3O3.ClH/c1-22(16-8-3-2-4-9-16)19(24)14-6-5-7-15(12-14)21-18(23)17-13-20-10-11-25-17;/h2-9,12,17,20H,10-11,13H2,1H3,(H,21,23);1H. The van der Waals surface area contributed by atoms with E-state index < -0.39 is 6.10 Å². The summed E-state index contributed by atoms with van der Waals surface area (Å²) >= 11 is 0. The molecule has 0 saturated carbocycles. The van der Waals surface area contributed by atoms with Gasteiger partial charge in [0.25, 0.3) is 11.8 Å². The van der Waals surface area contributed by atoms with Crippen LogP contribution >= 0.6 is 12.4 Å². The smallest absolute Gasteiger partial charge is 0.258 e. The Kier molecular flexibility index (Phi) is 7.15. The summed E-state index contributed by atoms with van der Waals surface area (Å²) in [6.45, 7) is 1.75. The van der Waals surface area contributed by atoms with E-state index in [1.165, 1.54) is 0 Å². The van der Waals surface area contributed by atoms with E-state index in [2.05, 4.69) is 10.6 Å². The van der Waals surface area contributed by atoms with Gasteiger partial charge in [-0.1, -0.05) is 24.3 Å². The topological polar surface area (TPSA) is 70.7 Å². The Bertz CT molecular complexity index is 749. The van der Waals surface area contributed by atoms with Crippen LogP contribution in [0.15, 0.2) is 54.6 Å². The molecule has 3 rings (SSSR count). The SMILES string of the molecule is CN(C(=O)c1cccc(NC(=O)C2CNCCO2)c1)c1ccccc1.Cl. The van der Waals surface area contributed by atoms with Crippen molar-refractivity contribution in [3.8, 4) is 0 Å². The third-order valence-corrected chi connectivity index (χ3v) is 4.05. The lowest BCUT2D eigenvalue weighted by atomic mass is 10.1. The first-order valence-electron chi connectivity index (χ1n) is 8.21. The lowest BCUT2D eigenvalue weighted by molar-refractivity contribution is -0.128. The zero-order valence-corrected chi connectivity index (χ0v) is 15.3. The van der Waals surface area contributed by atoms with Gasteiger partial charge in [0.2, 0.25) is 0 Å². The molecule has 26 heavy (non-hydrogen) atoms. The van der Waals surface area contributed by atoms with Gasteiger partial charge in [-0.25, -0.2) is 0 Å². The highest BCUT2D eigenvalue weighted by molar-refractivity contribution is 6.06. The van der Waals surface area contributed by atoms with Crippen molar-refractivity contribution in [2.24, 2.45) is 0 Å². The maximum atomic E-state index is 12.7. The highest BCUT2D eigenvalue weighted by Gasteiger charge is 2.22. The van der Waals surface area contributed by atoms with Gasteiger partial charge in [-0.2, -0.15) is 0 Å². The number of nitrogens with zero attached hydrogens (tertiary/aromatic N) is 1. The van der Waals surface area contributed by atoms with Crippen molar-refractivity contribution in [2.75, 3.05) is 37.0 Å². The molecule has 1 aliphatic rings. The monoisotopic (exact) mass is 375 g/mol. The molecule has 0 spiro atoms. The Morgan fingerprint density at radius 3 is 2.62 bits per heavy atom. The first-order valence-corrected chi connectivity index (χ1v) is 8.21. The van der Waals surface area contributed by atoms with Crippen molar-refractivity contribution in [3.63, 3.8) is 0 Å². The van der Waals surface area contributed by atoms with E-state index in [0.717, 1.165) is 12.2 Å². The zero-order chi connectivity index (χ0) is 17.6. The van der Waals surface area contributed by atoms with E-state index in [1.807, 2.05) is 30.3 Å². The predicted octanol–water partition coefficient (Wildman–Crippen LogP) is 2.31. The van der Waals surface area contributed by atoms with E-state index >= 15 is 0 Å². The van der Waals surface area contributed by atoms with E-state index in [4.69, 9.17) is 4.74 Å². The van der Waals surface area contributed by atoms with Gasteiger partial charge in [-0.3, -0.25) is 9.59 Å². The molecule has 1 aliphatic heterocycles. The van der Waals surface area contributed by atoms with Crippen LogP contribution < -0.4 is 15.5 Å². The average molecular weight is 376 g/mol. The van der Waals surface area contributed by atoms with Crippen LogP contribution in [0.2, 0.25) is 0 Å². The minimum Gasteiger partial charge on any atom is -0.366 e. The molecule has 7 heteroatoms. The van der Waals surface area contributed by atoms with Crippen molar-refractivity contribution < 1.29 is 14.3 Å². The van der Waals surface area contributed by atoms with Crippen LogP contribution in [-0.2, 0) is 9.53 Å². The summed E-state index contributed by atoms with van der Waals surface area (Å²) in [6, 6.07) is 16.3. The number of benzene rings is 2. The fourth-order valence-electron chi connectivity index (χ4n) is 2.65. The maximum absolute atomic E-state index is 12.7. The molecule has 1 heterocycles. The Morgan fingerprint density at radius 1 is 1.15 bits per heavy atom. The maximum Gasteiger partial charge on any atom is 0.258 e. The third-order valence-electron chi connectivity index (χ3n) is 4.05. The molecule has 1 atom stereocenters. The molecular formula is C19H22ClN3O3. The van der Waals surface area contributed by atoms with Crippen molar-refractivity contribution in [2.45, 2.75) is 6.10 Å². The van der Waals surface area contributed by atoms with Gasteiger partial charge in [0, 0.05) is 37.1 Å². The second kappa shape index (κ2) is 9.33. The van der Waals surface area contributed by atoms with Crippen LogP contribution in [-0.4, -0.2) is 44.7 Å². The molecular weight excluding hydrogens is 354 g/mol. The summed E-state index contributed by atoms with van der Waals surface area (Å²) in [4.78, 5) is 26.5. The molecule has 138 valence electrons. The fraction of sp³-hybridized carbons (Fsp3) is 0.263. The van der Waals surface area contributed by atoms with Crippen molar-refractivity contribution in [3.05, 3.63) is 60.2 Å². The number of halogens is 1. The number of amides is 2. The van der Waals surface area contributed by atoms with Crippen LogP contribution in [0.5, 0.6) is 0 Å². The summed E-state index contributed by atoms with van der Waals surface area (Å²) < 4.78 is 5.44. The van der Waals surface area contributed by atoms with Crippen LogP contribution in [0.25, 0.3) is 0 Å². The Balaban J connectivity index is 0.00000243. The summed E-state index contributed by atoms with van der Waals surface area (Å²) in [6.07, 6.45) is -0.514. The molecule has 1 fully saturated rings. The fourth-order valence-corrected chi connectivity index (χ4v) is 2.65. The number of hydrogen-bond acceptors (Lipinski definition) is 4. The first-order chi connectivity index (χ1) is 12.1.